The first-order valence-corrected chi connectivity index (χ1v) is 24.1. The SMILES string of the molecule is COc1cccc(CCN(C(=O)C2Cc3ccccc3OC2=O)[C@@H]2CC(C(=O)NCCOC(=O)Nc3ccc(-c4c5ccc(=O)cc-5oc5cc(O)ccc45)c(C(=O)O)c3)=C[C@H](Oc3ccccc3I)[C@H]2O)c1. The van der Waals surface area contributed by atoms with Crippen LogP contribution in [0.3, 0.4) is 0 Å². The second-order valence-electron chi connectivity index (χ2n) is 17.3. The molecule has 5 aromatic carbocycles. The number of fused-ring (bicyclic) bond motifs is 3. The number of hydrogen-bond acceptors (Lipinski definition) is 13. The number of carboxylic acid groups (broad SMARTS) is 1. The van der Waals surface area contributed by atoms with Gasteiger partial charge in [0.1, 0.15) is 59.1 Å². The second kappa shape index (κ2) is 21.6. The molecule has 0 bridgehead atoms. The van der Waals surface area contributed by atoms with Crippen LogP contribution in [-0.4, -0.2) is 95.1 Å². The van der Waals surface area contributed by atoms with E-state index >= 15 is 0 Å². The van der Waals surface area contributed by atoms with E-state index in [9.17, 15) is 44.1 Å². The summed E-state index contributed by atoms with van der Waals surface area (Å²) in [5.74, 6) is -3.02. The van der Waals surface area contributed by atoms with E-state index in [0.29, 0.717) is 45.7 Å². The quantitative estimate of drug-likeness (QED) is 0.0166. The van der Waals surface area contributed by atoms with Gasteiger partial charge < -0.3 is 48.9 Å². The van der Waals surface area contributed by atoms with Gasteiger partial charge in [0.25, 0.3) is 0 Å². The predicted molar refractivity (Wildman–Crippen MR) is 275 cm³/mol. The molecule has 5 N–H and O–H groups in total. The molecule has 1 unspecified atom stereocenters. The van der Waals surface area contributed by atoms with Crippen LogP contribution in [0.15, 0.2) is 148 Å². The number of rotatable bonds is 15. The minimum atomic E-state index is -1.38. The van der Waals surface area contributed by atoms with Crippen LogP contribution < -0.4 is 30.3 Å². The number of nitrogens with zero attached hydrogens (tertiary/aromatic N) is 1. The first kappa shape index (κ1) is 49.7. The van der Waals surface area contributed by atoms with E-state index < -0.39 is 54.0 Å². The molecule has 0 radical (unpaired) electrons. The number of phenols is 1. The Hall–Kier alpha value is -8.23. The minimum Gasteiger partial charge on any atom is -0.508 e. The number of ether oxygens (including phenoxy) is 4. The largest absolute Gasteiger partial charge is 0.508 e. The van der Waals surface area contributed by atoms with Crippen LogP contribution in [-0.2, 0) is 32.0 Å². The Morgan fingerprint density at radius 1 is 0.863 bits per heavy atom. The monoisotopic (exact) mass is 1100 g/mol. The number of aromatic hydroxyl groups is 1. The second-order valence-corrected chi connectivity index (χ2v) is 18.4. The lowest BCUT2D eigenvalue weighted by Gasteiger charge is -2.42. The zero-order valence-corrected chi connectivity index (χ0v) is 41.1. The van der Waals surface area contributed by atoms with Crippen molar-refractivity contribution in [2.24, 2.45) is 5.92 Å². The van der Waals surface area contributed by atoms with E-state index in [-0.39, 0.29) is 77.4 Å². The summed E-state index contributed by atoms with van der Waals surface area (Å²) in [6.45, 7) is -0.461. The lowest BCUT2D eigenvalue weighted by molar-refractivity contribution is -0.154. The molecular formula is C55H46IN3O14. The number of para-hydroxylation sites is 2. The Labute approximate surface area is 430 Å². The third kappa shape index (κ3) is 11.0. The van der Waals surface area contributed by atoms with E-state index in [1.807, 2.05) is 30.3 Å². The number of hydrogen-bond donors (Lipinski definition) is 5. The fourth-order valence-electron chi connectivity index (χ4n) is 9.09. The lowest BCUT2D eigenvalue weighted by atomic mass is 9.86. The topological polar surface area (TPSA) is 240 Å². The number of aliphatic hydroxyl groups excluding tert-OH is 1. The molecule has 0 saturated carbocycles. The molecule has 2 aliphatic heterocycles. The molecule has 4 aliphatic rings. The van der Waals surface area contributed by atoms with E-state index in [1.165, 1.54) is 59.5 Å². The molecule has 18 heteroatoms. The fourth-order valence-corrected chi connectivity index (χ4v) is 9.60. The highest BCUT2D eigenvalue weighted by Crippen LogP contribution is 2.43. The number of phenolic OH excluding ortho intramolecular Hbond substituents is 1. The highest BCUT2D eigenvalue weighted by Gasteiger charge is 2.45. The highest BCUT2D eigenvalue weighted by atomic mass is 127. The molecule has 0 saturated heterocycles. The van der Waals surface area contributed by atoms with Crippen LogP contribution in [0.1, 0.15) is 27.9 Å². The number of carbonyl (C=O) groups is 5. The summed E-state index contributed by atoms with van der Waals surface area (Å²) in [5.41, 5.74) is 2.51. The minimum absolute atomic E-state index is 0.0360. The number of carboxylic acids is 1. The van der Waals surface area contributed by atoms with Crippen LogP contribution in [0.4, 0.5) is 10.5 Å². The molecule has 9 rings (SSSR count). The van der Waals surface area contributed by atoms with Crippen molar-refractivity contribution in [1.29, 1.82) is 0 Å². The zero-order valence-electron chi connectivity index (χ0n) is 38.9. The number of amides is 3. The van der Waals surface area contributed by atoms with Crippen LogP contribution in [0.2, 0.25) is 0 Å². The Morgan fingerprint density at radius 3 is 2.47 bits per heavy atom. The number of anilines is 1. The summed E-state index contributed by atoms with van der Waals surface area (Å²) in [5, 5.41) is 38.4. The molecule has 0 aromatic heterocycles. The van der Waals surface area contributed by atoms with Gasteiger partial charge in [-0.3, -0.25) is 24.5 Å². The van der Waals surface area contributed by atoms with Crippen molar-refractivity contribution in [3.05, 3.63) is 170 Å². The molecule has 0 spiro atoms. The van der Waals surface area contributed by atoms with Crippen LogP contribution in [0.25, 0.3) is 33.4 Å². The average Bonchev–Trinajstić information content (AvgIpc) is 3.38. The van der Waals surface area contributed by atoms with Crippen LogP contribution >= 0.6 is 22.6 Å². The number of nitrogens with one attached hydrogen (secondary N) is 2. The van der Waals surface area contributed by atoms with Crippen molar-refractivity contribution in [3.8, 4) is 45.4 Å². The summed E-state index contributed by atoms with van der Waals surface area (Å²) >= 11 is 2.09. The van der Waals surface area contributed by atoms with Crippen molar-refractivity contribution >= 4 is 69.1 Å². The summed E-state index contributed by atoms with van der Waals surface area (Å²) in [6.07, 6.45) is -1.75. The van der Waals surface area contributed by atoms with E-state index in [4.69, 9.17) is 23.4 Å². The summed E-state index contributed by atoms with van der Waals surface area (Å²) in [6, 6.07) is 33.0. The van der Waals surface area contributed by atoms with Crippen molar-refractivity contribution in [1.82, 2.24) is 10.2 Å². The number of aromatic carboxylic acids is 1. The number of aliphatic hydroxyl groups is 1. The third-order valence-electron chi connectivity index (χ3n) is 12.6. The first-order chi connectivity index (χ1) is 35.2. The molecular weight excluding hydrogens is 1050 g/mol. The number of halogens is 1. The van der Waals surface area contributed by atoms with Crippen LogP contribution in [0.5, 0.6) is 23.0 Å². The van der Waals surface area contributed by atoms with E-state index in [2.05, 4.69) is 33.2 Å². The maximum absolute atomic E-state index is 14.8. The van der Waals surface area contributed by atoms with Gasteiger partial charge in [0, 0.05) is 52.9 Å². The molecule has 2 heterocycles. The van der Waals surface area contributed by atoms with Gasteiger partial charge in [-0.1, -0.05) is 48.5 Å². The van der Waals surface area contributed by atoms with Gasteiger partial charge in [0.05, 0.1) is 28.8 Å². The standard InChI is InChI=1S/C55H46IN3O14/c1-69-36-9-6-7-30(23-36)19-21-59(52(64)41-24-31-8-2-4-11-44(31)73-54(41)67)43-25-32(26-48(50(43)62)71-45-12-5-3-10-42(45)56)51(63)57-20-22-70-55(68)58-33-13-16-37(40(27-33)53(65)66)49-38-17-14-34(60)28-46(38)72-47-29-35(61)15-18-39(47)49/h2-18,23,26-29,41,43,48,50,60,62H,19-22,24-25H2,1H3,(H,57,63)(H,58,68)(H,65,66)/t41?,43-,48+,50+/m1/s1. The highest BCUT2D eigenvalue weighted by molar-refractivity contribution is 14.1. The van der Waals surface area contributed by atoms with E-state index in [1.54, 1.807) is 55.6 Å². The number of esters is 1. The van der Waals surface area contributed by atoms with Gasteiger partial charge in [0.15, 0.2) is 5.43 Å². The summed E-state index contributed by atoms with van der Waals surface area (Å²) < 4.78 is 29.4. The number of methoxy groups -OCH3 is 1. The normalized spacial score (nSPS) is 17.1. The molecule has 372 valence electrons. The number of carbonyl (C=O) groups excluding carboxylic acids is 4. The van der Waals surface area contributed by atoms with Crippen LogP contribution in [0, 0.1) is 9.49 Å². The third-order valence-corrected chi connectivity index (χ3v) is 13.5. The van der Waals surface area contributed by atoms with Crippen molar-refractivity contribution in [2.75, 3.05) is 32.1 Å². The van der Waals surface area contributed by atoms with Crippen molar-refractivity contribution in [2.45, 2.75) is 37.5 Å². The Morgan fingerprint density at radius 2 is 1.66 bits per heavy atom. The predicted octanol–water partition coefficient (Wildman–Crippen LogP) is 7.60. The zero-order chi connectivity index (χ0) is 51.3. The maximum Gasteiger partial charge on any atom is 0.411 e. The first-order valence-electron chi connectivity index (χ1n) is 23.1. The maximum atomic E-state index is 14.8. The van der Waals surface area contributed by atoms with Gasteiger partial charge in [-0.25, -0.2) is 9.59 Å². The summed E-state index contributed by atoms with van der Waals surface area (Å²) in [4.78, 5) is 81.9. The van der Waals surface area contributed by atoms with Gasteiger partial charge in [-0.15, -0.1) is 0 Å². The fraction of sp³-hybridized carbons (Fsp3) is 0.200. The molecule has 2 aliphatic carbocycles. The molecule has 4 atom stereocenters. The molecule has 5 aromatic rings. The van der Waals surface area contributed by atoms with E-state index in [0.717, 1.165) is 9.13 Å². The van der Waals surface area contributed by atoms with Gasteiger partial charge >= 0.3 is 18.0 Å². The van der Waals surface area contributed by atoms with Gasteiger partial charge in [-0.2, -0.15) is 0 Å². The Kier molecular flexibility index (Phi) is 14.7. The lowest BCUT2D eigenvalue weighted by Crippen LogP contribution is -2.57. The van der Waals surface area contributed by atoms with Gasteiger partial charge in [-0.05, 0) is 125 Å². The molecule has 73 heavy (non-hydrogen) atoms. The smallest absolute Gasteiger partial charge is 0.411 e. The average molecular weight is 1100 g/mol. The Bertz CT molecular complexity index is 3350. The molecule has 0 fully saturated rings. The molecule has 3 amide bonds. The van der Waals surface area contributed by atoms with Gasteiger partial charge in [0.2, 0.25) is 11.8 Å². The summed E-state index contributed by atoms with van der Waals surface area (Å²) in [7, 11) is 1.54. The molecule has 17 nitrogen and oxygen atoms in total. The number of benzene rings is 6. The van der Waals surface area contributed by atoms with Crippen molar-refractivity contribution in [3.63, 3.8) is 0 Å². The van der Waals surface area contributed by atoms with Crippen molar-refractivity contribution < 1.29 is 62.7 Å². The Balaban J connectivity index is 0.917.